The number of aliphatic imine (C=N–C) groups is 1. The predicted octanol–water partition coefficient (Wildman–Crippen LogP) is 3.47. The number of nitrogens with zero attached hydrogens (tertiary/aromatic N) is 2. The van der Waals surface area contributed by atoms with Crippen molar-refractivity contribution in [3.8, 4) is 6.07 Å². The van der Waals surface area contributed by atoms with Gasteiger partial charge in [-0.1, -0.05) is 23.9 Å². The van der Waals surface area contributed by atoms with Gasteiger partial charge in [-0.05, 0) is 25.3 Å². The summed E-state index contributed by atoms with van der Waals surface area (Å²) in [5, 5.41) is 10.1. The summed E-state index contributed by atoms with van der Waals surface area (Å²) in [6.07, 6.45) is 1.96. The summed E-state index contributed by atoms with van der Waals surface area (Å²) in [5.74, 6) is 0. The van der Waals surface area contributed by atoms with Crippen LogP contribution in [0.4, 0.5) is 5.69 Å². The number of rotatable bonds is 0. The lowest BCUT2D eigenvalue weighted by atomic mass is 10.2. The van der Waals surface area contributed by atoms with Crippen LogP contribution in [-0.4, -0.2) is 16.0 Å². The van der Waals surface area contributed by atoms with Crippen molar-refractivity contribution >= 4 is 34.3 Å². The maximum absolute atomic E-state index is 9.21. The molecule has 0 spiro atoms. The van der Waals surface area contributed by atoms with E-state index < -0.39 is 4.75 Å². The van der Waals surface area contributed by atoms with Crippen molar-refractivity contribution < 1.29 is 0 Å². The Kier molecular flexibility index (Phi) is 2.76. The fourth-order valence-corrected chi connectivity index (χ4v) is 3.41. The second kappa shape index (κ2) is 3.92. The van der Waals surface area contributed by atoms with E-state index >= 15 is 0 Å². The van der Waals surface area contributed by atoms with E-state index in [-0.39, 0.29) is 0 Å². The molecule has 15 heavy (non-hydrogen) atoms. The third-order valence-electron chi connectivity index (χ3n) is 2.22. The van der Waals surface area contributed by atoms with Crippen molar-refractivity contribution in [2.75, 3.05) is 6.26 Å². The molecule has 1 atom stereocenters. The number of fused-ring (bicyclic) bond motifs is 1. The molecule has 0 aliphatic carbocycles. The second-order valence-electron chi connectivity index (χ2n) is 3.34. The molecule has 0 fully saturated rings. The molecule has 1 unspecified atom stereocenters. The van der Waals surface area contributed by atoms with E-state index in [4.69, 9.17) is 0 Å². The van der Waals surface area contributed by atoms with Gasteiger partial charge >= 0.3 is 0 Å². The second-order valence-corrected chi connectivity index (χ2v) is 5.59. The van der Waals surface area contributed by atoms with Crippen LogP contribution in [0.3, 0.4) is 0 Å². The SMILES string of the molecule is CSC1=Nc2ccccc2SC1(C)C#N. The number of nitriles is 1. The average Bonchev–Trinajstić information content (AvgIpc) is 2.28. The molecule has 1 aromatic rings. The standard InChI is InChI=1S/C11H10N2S2/c1-11(7-12)10(14-2)13-8-5-3-4-6-9(8)15-11/h3-6H,1-2H3. The van der Waals surface area contributed by atoms with Crippen LogP contribution >= 0.6 is 23.5 Å². The van der Waals surface area contributed by atoms with E-state index in [1.165, 1.54) is 0 Å². The van der Waals surface area contributed by atoms with Crippen LogP contribution in [0.5, 0.6) is 0 Å². The van der Waals surface area contributed by atoms with E-state index in [1.54, 1.807) is 23.5 Å². The van der Waals surface area contributed by atoms with Crippen LogP contribution in [-0.2, 0) is 0 Å². The smallest absolute Gasteiger partial charge is 0.152 e. The van der Waals surface area contributed by atoms with Gasteiger partial charge in [0.15, 0.2) is 4.75 Å². The predicted molar refractivity (Wildman–Crippen MR) is 66.9 cm³/mol. The zero-order valence-corrected chi connectivity index (χ0v) is 10.2. The van der Waals surface area contributed by atoms with Gasteiger partial charge in [-0.15, -0.1) is 11.8 Å². The maximum Gasteiger partial charge on any atom is 0.152 e. The molecular formula is C11H10N2S2. The fourth-order valence-electron chi connectivity index (χ4n) is 1.43. The average molecular weight is 234 g/mol. The minimum absolute atomic E-state index is 0.534. The molecule has 0 amide bonds. The highest BCUT2D eigenvalue weighted by Gasteiger charge is 2.35. The van der Waals surface area contributed by atoms with Crippen LogP contribution in [0.25, 0.3) is 0 Å². The zero-order chi connectivity index (χ0) is 10.9. The highest BCUT2D eigenvalue weighted by atomic mass is 32.2. The van der Waals surface area contributed by atoms with E-state index in [0.29, 0.717) is 0 Å². The van der Waals surface area contributed by atoms with Gasteiger partial charge in [0.1, 0.15) is 5.04 Å². The van der Waals surface area contributed by atoms with Crippen molar-refractivity contribution in [2.24, 2.45) is 4.99 Å². The van der Waals surface area contributed by atoms with Gasteiger partial charge in [-0.2, -0.15) is 5.26 Å². The third kappa shape index (κ3) is 1.77. The van der Waals surface area contributed by atoms with Crippen molar-refractivity contribution in [3.05, 3.63) is 24.3 Å². The van der Waals surface area contributed by atoms with Gasteiger partial charge in [0.05, 0.1) is 11.8 Å². The van der Waals surface area contributed by atoms with Gasteiger partial charge in [-0.25, -0.2) is 4.99 Å². The summed E-state index contributed by atoms with van der Waals surface area (Å²) in [7, 11) is 0. The molecule has 0 radical (unpaired) electrons. The van der Waals surface area contributed by atoms with Gasteiger partial charge in [0.25, 0.3) is 0 Å². The van der Waals surface area contributed by atoms with Crippen molar-refractivity contribution in [2.45, 2.75) is 16.6 Å². The molecule has 1 aromatic carbocycles. The molecule has 0 aromatic heterocycles. The van der Waals surface area contributed by atoms with Gasteiger partial charge < -0.3 is 0 Å². The molecule has 0 saturated heterocycles. The lowest BCUT2D eigenvalue weighted by Crippen LogP contribution is -2.28. The number of hydrogen-bond donors (Lipinski definition) is 0. The molecule has 2 rings (SSSR count). The Hall–Kier alpha value is -0.920. The van der Waals surface area contributed by atoms with Crippen LogP contribution in [0, 0.1) is 11.3 Å². The molecular weight excluding hydrogens is 224 g/mol. The minimum atomic E-state index is -0.534. The van der Waals surface area contributed by atoms with Crippen LogP contribution < -0.4 is 0 Å². The van der Waals surface area contributed by atoms with Crippen LogP contribution in [0.2, 0.25) is 0 Å². The summed E-state index contributed by atoms with van der Waals surface area (Å²) in [4.78, 5) is 5.61. The summed E-state index contributed by atoms with van der Waals surface area (Å²) in [6.45, 7) is 1.92. The molecule has 1 aliphatic heterocycles. The highest BCUT2D eigenvalue weighted by Crippen LogP contribution is 2.45. The number of thioether (sulfide) groups is 2. The summed E-state index contributed by atoms with van der Waals surface area (Å²) < 4.78 is -0.534. The van der Waals surface area contributed by atoms with E-state index in [0.717, 1.165) is 15.6 Å². The molecule has 1 heterocycles. The first kappa shape index (κ1) is 10.6. The molecule has 4 heteroatoms. The lowest BCUT2D eigenvalue weighted by Gasteiger charge is -2.26. The van der Waals surface area contributed by atoms with Crippen molar-refractivity contribution in [1.82, 2.24) is 0 Å². The zero-order valence-electron chi connectivity index (χ0n) is 8.52. The molecule has 76 valence electrons. The van der Waals surface area contributed by atoms with E-state index in [9.17, 15) is 5.26 Å². The molecule has 0 bridgehead atoms. The molecule has 1 aliphatic rings. The van der Waals surface area contributed by atoms with Gasteiger partial charge in [0, 0.05) is 4.90 Å². The van der Waals surface area contributed by atoms with Crippen molar-refractivity contribution in [1.29, 1.82) is 5.26 Å². The van der Waals surface area contributed by atoms with E-state index in [1.807, 2.05) is 37.4 Å². The van der Waals surface area contributed by atoms with Crippen LogP contribution in [0.15, 0.2) is 34.2 Å². The first-order valence-corrected chi connectivity index (χ1v) is 6.56. The number of hydrogen-bond acceptors (Lipinski definition) is 4. The molecule has 0 saturated carbocycles. The summed E-state index contributed by atoms with van der Waals surface area (Å²) in [5.41, 5.74) is 0.972. The van der Waals surface area contributed by atoms with Gasteiger partial charge in [0.2, 0.25) is 0 Å². The summed E-state index contributed by atoms with van der Waals surface area (Å²) in [6, 6.07) is 10.3. The highest BCUT2D eigenvalue weighted by molar-refractivity contribution is 8.16. The topological polar surface area (TPSA) is 36.1 Å². The van der Waals surface area contributed by atoms with Crippen molar-refractivity contribution in [3.63, 3.8) is 0 Å². The fraction of sp³-hybridized carbons (Fsp3) is 0.273. The van der Waals surface area contributed by atoms with E-state index in [2.05, 4.69) is 11.1 Å². The Morgan fingerprint density at radius 2 is 2.20 bits per heavy atom. The van der Waals surface area contributed by atoms with Crippen LogP contribution in [0.1, 0.15) is 6.92 Å². The largest absolute Gasteiger partial charge is 0.243 e. The lowest BCUT2D eigenvalue weighted by molar-refractivity contribution is 1.07. The summed E-state index contributed by atoms with van der Waals surface area (Å²) >= 11 is 3.13. The first-order chi connectivity index (χ1) is 7.19. The maximum atomic E-state index is 9.21. The molecule has 2 nitrogen and oxygen atoms in total. The number of para-hydroxylation sites is 1. The number of benzene rings is 1. The third-order valence-corrected chi connectivity index (χ3v) is 4.49. The van der Waals surface area contributed by atoms with Gasteiger partial charge in [-0.3, -0.25) is 0 Å². The Morgan fingerprint density at radius 3 is 2.87 bits per heavy atom. The normalized spacial score (nSPS) is 23.9. The monoisotopic (exact) mass is 234 g/mol. The quantitative estimate of drug-likeness (QED) is 0.689. The Labute approximate surface area is 97.8 Å². The minimum Gasteiger partial charge on any atom is -0.243 e. The Balaban J connectivity index is 2.55. The Bertz CT molecular complexity index is 462. The first-order valence-electron chi connectivity index (χ1n) is 4.52. The molecule has 0 N–H and O–H groups in total. The Morgan fingerprint density at radius 1 is 1.47 bits per heavy atom.